The third-order valence-electron chi connectivity index (χ3n) is 7.82. The lowest BCUT2D eigenvalue weighted by Gasteiger charge is -2.34. The minimum Gasteiger partial charge on any atom is -0.489 e. The van der Waals surface area contributed by atoms with E-state index in [-0.39, 0.29) is 56.6 Å². The van der Waals surface area contributed by atoms with Crippen molar-refractivity contribution < 1.29 is 46.0 Å². The number of hydrogen-bond acceptors (Lipinski definition) is 8. The molecule has 3 aromatic rings. The van der Waals surface area contributed by atoms with Crippen molar-refractivity contribution >= 4 is 56.9 Å². The second kappa shape index (κ2) is 15.6. The van der Waals surface area contributed by atoms with E-state index in [1.807, 2.05) is 0 Å². The lowest BCUT2D eigenvalue weighted by Crippen LogP contribution is -2.51. The van der Waals surface area contributed by atoms with Gasteiger partial charge < -0.3 is 19.1 Å². The predicted octanol–water partition coefficient (Wildman–Crippen LogP) is 5.53. The van der Waals surface area contributed by atoms with Gasteiger partial charge in [0.2, 0.25) is 10.0 Å². The second-order valence-corrected chi connectivity index (χ2v) is 15.4. The second-order valence-electron chi connectivity index (χ2n) is 11.5. The van der Waals surface area contributed by atoms with Gasteiger partial charge in [-0.2, -0.15) is 24.8 Å². The first-order chi connectivity index (χ1) is 22.8. The number of rotatable bonds is 13. The molecule has 5 rings (SSSR count). The number of benzene rings is 2. The van der Waals surface area contributed by atoms with Gasteiger partial charge in [0.05, 0.1) is 11.5 Å². The molecule has 1 aromatic heterocycles. The topological polar surface area (TPSA) is 117 Å². The molecule has 258 valence electrons. The number of sulfonamides is 1. The first-order valence-corrected chi connectivity index (χ1v) is 18.4. The molecule has 2 fully saturated rings. The number of amides is 1. The first-order valence-electron chi connectivity index (χ1n) is 15.0. The van der Waals surface area contributed by atoms with Crippen molar-refractivity contribution in [3.63, 3.8) is 0 Å². The van der Waals surface area contributed by atoms with Crippen LogP contribution >= 0.6 is 35.0 Å². The molecule has 1 N–H and O–H groups in total. The molecular weight excluding hydrogens is 711 g/mol. The fourth-order valence-corrected chi connectivity index (χ4v) is 8.47. The van der Waals surface area contributed by atoms with Gasteiger partial charge in [-0.15, -0.1) is 0 Å². The number of carbonyl (C=O) groups excluding carboxylic acids is 2. The Hall–Kier alpha value is -3.17. The van der Waals surface area contributed by atoms with Crippen LogP contribution in [0.4, 0.5) is 8.78 Å². The Balaban J connectivity index is 1.47. The molecule has 16 heteroatoms. The number of carbonyl (C=O) groups is 2. The van der Waals surface area contributed by atoms with Gasteiger partial charge in [-0.3, -0.25) is 9.59 Å². The van der Waals surface area contributed by atoms with E-state index < -0.39 is 34.7 Å². The van der Waals surface area contributed by atoms with Gasteiger partial charge >= 0.3 is 12.6 Å². The van der Waals surface area contributed by atoms with Crippen molar-refractivity contribution in [1.29, 1.82) is 0 Å². The number of halogens is 4. The van der Waals surface area contributed by atoms with E-state index in [0.717, 1.165) is 17.1 Å². The molecule has 2 aromatic carbocycles. The van der Waals surface area contributed by atoms with Crippen LogP contribution < -0.4 is 14.5 Å². The summed E-state index contributed by atoms with van der Waals surface area (Å²) in [5.41, 5.74) is 0.982. The van der Waals surface area contributed by atoms with Gasteiger partial charge in [0.15, 0.2) is 23.9 Å². The van der Waals surface area contributed by atoms with Gasteiger partial charge in [0, 0.05) is 49.7 Å². The number of pyridine rings is 1. The third kappa shape index (κ3) is 8.70. The van der Waals surface area contributed by atoms with Crippen LogP contribution in [0.1, 0.15) is 40.4 Å². The van der Waals surface area contributed by atoms with Gasteiger partial charge in [-0.1, -0.05) is 35.3 Å². The number of aromatic nitrogens is 1. The SMILES string of the molecule is CN(C)C(=O)c1cccc(S(=O)(=O)N2CCSCC2C(=O)O[C@@H](Cc2c(Cl)c[nH+]cc2Cl)c2ccc(OC(F)F)c(OCC3CC3)c2)c1. The molecule has 1 unspecified atom stereocenters. The zero-order valence-corrected chi connectivity index (χ0v) is 29.2. The molecule has 1 saturated heterocycles. The molecule has 1 aliphatic carbocycles. The number of esters is 1. The molecule has 0 radical (unpaired) electrons. The van der Waals surface area contributed by atoms with Crippen molar-refractivity contribution in [1.82, 2.24) is 9.21 Å². The zero-order chi connectivity index (χ0) is 34.6. The number of ether oxygens (including phenoxy) is 3. The largest absolute Gasteiger partial charge is 0.489 e. The molecule has 2 atom stereocenters. The molecule has 1 saturated carbocycles. The van der Waals surface area contributed by atoms with Crippen LogP contribution in [-0.2, 0) is 26.0 Å². The Bertz CT molecular complexity index is 1740. The van der Waals surface area contributed by atoms with E-state index in [9.17, 15) is 26.8 Å². The Kier molecular flexibility index (Phi) is 11.7. The lowest BCUT2D eigenvalue weighted by atomic mass is 10.0. The average Bonchev–Trinajstić information content (AvgIpc) is 3.89. The van der Waals surface area contributed by atoms with E-state index >= 15 is 0 Å². The Labute approximate surface area is 291 Å². The summed E-state index contributed by atoms with van der Waals surface area (Å²) in [7, 11) is -1.13. The molecule has 0 spiro atoms. The van der Waals surface area contributed by atoms with Crippen molar-refractivity contribution in [2.75, 3.05) is 38.8 Å². The van der Waals surface area contributed by atoms with Crippen molar-refractivity contribution in [3.05, 3.63) is 81.6 Å². The van der Waals surface area contributed by atoms with Crippen LogP contribution in [0.15, 0.2) is 59.8 Å². The van der Waals surface area contributed by atoms with Crippen LogP contribution in [-0.4, -0.2) is 80.9 Å². The maximum atomic E-state index is 14.0. The highest BCUT2D eigenvalue weighted by atomic mass is 35.5. The van der Waals surface area contributed by atoms with E-state index in [4.69, 9.17) is 32.7 Å². The van der Waals surface area contributed by atoms with Crippen LogP contribution in [0.5, 0.6) is 11.5 Å². The standard InChI is InChI=1S/C32H33Cl2F2N3O7S2/c1-38(2)30(40)21-4-3-5-22(12-21)48(42,43)39-10-11-47-18-26(39)31(41)45-28(14-23-24(33)15-37-16-25(23)34)20-8-9-27(46-32(35)36)29(13-20)44-17-19-6-7-19/h3-5,8-9,12-13,15-16,19,26,28,32H,6-7,10-11,14,17-18H2,1-2H3/p+1/t26?,28-/m0/s1. The fraction of sp³-hybridized carbons (Fsp3) is 0.406. The lowest BCUT2D eigenvalue weighted by molar-refractivity contribution is -0.377. The van der Waals surface area contributed by atoms with Crippen molar-refractivity contribution in [3.8, 4) is 11.5 Å². The smallest absolute Gasteiger partial charge is 0.387 e. The van der Waals surface area contributed by atoms with Crippen LogP contribution in [0.3, 0.4) is 0 Å². The number of hydrogen-bond donors (Lipinski definition) is 0. The summed E-state index contributed by atoms with van der Waals surface area (Å²) < 4.78 is 72.0. The highest BCUT2D eigenvalue weighted by Crippen LogP contribution is 2.38. The highest BCUT2D eigenvalue weighted by molar-refractivity contribution is 7.99. The van der Waals surface area contributed by atoms with Crippen molar-refractivity contribution in [2.24, 2.45) is 5.92 Å². The van der Waals surface area contributed by atoms with E-state index in [1.165, 1.54) is 71.5 Å². The number of alkyl halides is 2. The third-order valence-corrected chi connectivity index (χ3v) is 11.4. The van der Waals surface area contributed by atoms with Gasteiger partial charge in [-0.25, -0.2) is 13.4 Å². The monoisotopic (exact) mass is 744 g/mol. The molecular formula is C32H34Cl2F2N3O7S2+. The van der Waals surface area contributed by atoms with Gasteiger partial charge in [0.1, 0.15) is 22.2 Å². The zero-order valence-electron chi connectivity index (χ0n) is 26.0. The summed E-state index contributed by atoms with van der Waals surface area (Å²) in [5.74, 6) is -0.495. The Morgan fingerprint density at radius 2 is 1.81 bits per heavy atom. The molecule has 2 aliphatic rings. The summed E-state index contributed by atoms with van der Waals surface area (Å²) in [4.78, 5) is 30.6. The molecule has 2 heterocycles. The number of nitrogens with one attached hydrogen (secondary N) is 1. The first kappa shape index (κ1) is 36.1. The summed E-state index contributed by atoms with van der Waals surface area (Å²) >= 11 is 14.3. The number of nitrogens with zero attached hydrogens (tertiary/aromatic N) is 2. The molecule has 10 nitrogen and oxygen atoms in total. The Morgan fingerprint density at radius 1 is 1.08 bits per heavy atom. The summed E-state index contributed by atoms with van der Waals surface area (Å²) in [5, 5.41) is 0.520. The van der Waals surface area contributed by atoms with E-state index in [2.05, 4.69) is 9.72 Å². The molecule has 1 aliphatic heterocycles. The maximum absolute atomic E-state index is 14.0. The number of thioether (sulfide) groups is 1. The molecule has 48 heavy (non-hydrogen) atoms. The normalized spacial score (nSPS) is 17.5. The van der Waals surface area contributed by atoms with Crippen molar-refractivity contribution in [2.45, 2.75) is 42.9 Å². The van der Waals surface area contributed by atoms with Gasteiger partial charge in [0.25, 0.3) is 5.91 Å². The van der Waals surface area contributed by atoms with E-state index in [1.54, 1.807) is 14.1 Å². The fourth-order valence-electron chi connectivity index (χ4n) is 5.07. The minimum absolute atomic E-state index is 0.0221. The molecule has 0 bridgehead atoms. The summed E-state index contributed by atoms with van der Waals surface area (Å²) in [6.07, 6.45) is 3.82. The predicted molar refractivity (Wildman–Crippen MR) is 176 cm³/mol. The molecule has 1 amide bonds. The van der Waals surface area contributed by atoms with Gasteiger partial charge in [-0.05, 0) is 54.7 Å². The average molecular weight is 746 g/mol. The summed E-state index contributed by atoms with van der Waals surface area (Å²) in [6.45, 7) is -2.77. The van der Waals surface area contributed by atoms with Crippen LogP contribution in [0.25, 0.3) is 0 Å². The highest BCUT2D eigenvalue weighted by Gasteiger charge is 2.40. The minimum atomic E-state index is -4.25. The number of H-pyrrole nitrogens is 1. The quantitative estimate of drug-likeness (QED) is 0.210. The maximum Gasteiger partial charge on any atom is 0.387 e. The van der Waals surface area contributed by atoms with Crippen LogP contribution in [0.2, 0.25) is 10.0 Å². The Morgan fingerprint density at radius 3 is 2.48 bits per heavy atom. The summed E-state index contributed by atoms with van der Waals surface area (Å²) in [6, 6.07) is 8.67. The van der Waals surface area contributed by atoms with E-state index in [0.29, 0.717) is 29.4 Å². The van der Waals surface area contributed by atoms with Crippen LogP contribution in [0, 0.1) is 5.92 Å². The number of aromatic amines is 1.